The number of barbiturate groups is 1. The van der Waals surface area contributed by atoms with Crippen LogP contribution in [0.15, 0.2) is 48.5 Å². The molecule has 1 N–H and O–H groups in total. The number of urea groups is 1. The molecule has 160 valence electrons. The van der Waals surface area contributed by atoms with Crippen molar-refractivity contribution in [3.8, 4) is 0 Å². The number of amides is 4. The van der Waals surface area contributed by atoms with Gasteiger partial charge >= 0.3 is 6.03 Å². The number of carbonyl (C=O) groups is 3. The minimum absolute atomic E-state index is 0.155. The summed E-state index contributed by atoms with van der Waals surface area (Å²) >= 11 is 6.55. The van der Waals surface area contributed by atoms with Crippen molar-refractivity contribution in [3.05, 3.63) is 59.1 Å². The number of halogens is 1. The SMILES string of the molecule is CCN1CCN2c3cccc(Cl)c3C[C@@]3(C(=O)NC(=O)N(c4ccccc4)C3=O)[C@@H]2C1. The van der Waals surface area contributed by atoms with E-state index >= 15 is 0 Å². The van der Waals surface area contributed by atoms with E-state index in [1.807, 2.05) is 18.2 Å². The molecule has 0 unspecified atom stereocenters. The Labute approximate surface area is 185 Å². The van der Waals surface area contributed by atoms with E-state index in [9.17, 15) is 14.4 Å². The first kappa shape index (κ1) is 20.0. The summed E-state index contributed by atoms with van der Waals surface area (Å²) in [4.78, 5) is 45.8. The van der Waals surface area contributed by atoms with Gasteiger partial charge in [-0.3, -0.25) is 19.8 Å². The third-order valence-corrected chi connectivity index (χ3v) is 7.12. The Balaban J connectivity index is 1.69. The van der Waals surface area contributed by atoms with Gasteiger partial charge in [-0.25, -0.2) is 9.69 Å². The van der Waals surface area contributed by atoms with E-state index in [-0.39, 0.29) is 6.42 Å². The molecule has 0 radical (unpaired) electrons. The molecule has 31 heavy (non-hydrogen) atoms. The number of fused-ring (bicyclic) bond motifs is 4. The van der Waals surface area contributed by atoms with Crippen LogP contribution in [0.3, 0.4) is 0 Å². The van der Waals surface area contributed by atoms with Crippen molar-refractivity contribution in [1.82, 2.24) is 10.2 Å². The Morgan fingerprint density at radius 1 is 1.06 bits per heavy atom. The second-order valence-electron chi connectivity index (χ2n) is 8.22. The second-order valence-corrected chi connectivity index (χ2v) is 8.63. The number of nitrogens with zero attached hydrogens (tertiary/aromatic N) is 3. The van der Waals surface area contributed by atoms with Gasteiger partial charge in [-0.05, 0) is 36.4 Å². The number of piperazine rings is 1. The number of hydrogen-bond acceptors (Lipinski definition) is 5. The van der Waals surface area contributed by atoms with Crippen LogP contribution in [0.25, 0.3) is 0 Å². The van der Waals surface area contributed by atoms with Crippen LogP contribution in [-0.2, 0) is 16.0 Å². The Hall–Kier alpha value is -2.90. The molecule has 2 saturated heterocycles. The zero-order chi connectivity index (χ0) is 21.8. The minimum Gasteiger partial charge on any atom is -0.364 e. The highest BCUT2D eigenvalue weighted by Crippen LogP contribution is 2.48. The number of nitrogens with one attached hydrogen (secondary N) is 1. The zero-order valence-electron chi connectivity index (χ0n) is 17.2. The minimum atomic E-state index is -1.45. The summed E-state index contributed by atoms with van der Waals surface area (Å²) in [6.07, 6.45) is 0.155. The average molecular weight is 439 g/mol. The molecule has 2 atom stereocenters. The molecule has 0 aromatic heterocycles. The number of anilines is 2. The molecule has 2 fully saturated rings. The summed E-state index contributed by atoms with van der Waals surface area (Å²) in [5, 5.41) is 3.00. The Kier molecular flexibility index (Phi) is 4.75. The monoisotopic (exact) mass is 438 g/mol. The lowest BCUT2D eigenvalue weighted by Gasteiger charge is -2.55. The van der Waals surface area contributed by atoms with E-state index in [4.69, 9.17) is 11.6 Å². The van der Waals surface area contributed by atoms with E-state index in [1.165, 1.54) is 0 Å². The number of benzene rings is 2. The summed E-state index contributed by atoms with van der Waals surface area (Å²) in [5.74, 6) is -1.04. The van der Waals surface area contributed by atoms with Gasteiger partial charge in [-0.2, -0.15) is 0 Å². The van der Waals surface area contributed by atoms with Crippen LogP contribution in [0.1, 0.15) is 12.5 Å². The maximum Gasteiger partial charge on any atom is 0.335 e. The highest BCUT2D eigenvalue weighted by Gasteiger charge is 2.63. The molecule has 0 bridgehead atoms. The molecule has 0 saturated carbocycles. The van der Waals surface area contributed by atoms with Crippen LogP contribution in [-0.4, -0.2) is 55.0 Å². The van der Waals surface area contributed by atoms with E-state index in [0.29, 0.717) is 23.8 Å². The summed E-state index contributed by atoms with van der Waals surface area (Å²) in [6, 6.07) is 13.3. The van der Waals surface area contributed by atoms with Crippen LogP contribution < -0.4 is 15.1 Å². The summed E-state index contributed by atoms with van der Waals surface area (Å²) < 4.78 is 0. The molecule has 4 amide bonds. The Morgan fingerprint density at radius 2 is 1.84 bits per heavy atom. The maximum atomic E-state index is 14.1. The Morgan fingerprint density at radius 3 is 2.58 bits per heavy atom. The van der Waals surface area contributed by atoms with Crippen molar-refractivity contribution in [1.29, 1.82) is 0 Å². The predicted molar refractivity (Wildman–Crippen MR) is 118 cm³/mol. The number of para-hydroxylation sites is 1. The highest BCUT2D eigenvalue weighted by atomic mass is 35.5. The van der Waals surface area contributed by atoms with Gasteiger partial charge < -0.3 is 4.90 Å². The van der Waals surface area contributed by atoms with Crippen LogP contribution >= 0.6 is 11.6 Å². The summed E-state index contributed by atoms with van der Waals surface area (Å²) in [5.41, 5.74) is 0.727. The quantitative estimate of drug-likeness (QED) is 0.730. The first-order chi connectivity index (χ1) is 15.0. The van der Waals surface area contributed by atoms with Crippen molar-refractivity contribution in [3.63, 3.8) is 0 Å². The van der Waals surface area contributed by atoms with Crippen molar-refractivity contribution in [2.24, 2.45) is 5.41 Å². The van der Waals surface area contributed by atoms with Gasteiger partial charge in [0.05, 0.1) is 11.7 Å². The van der Waals surface area contributed by atoms with Crippen molar-refractivity contribution >= 4 is 40.8 Å². The van der Waals surface area contributed by atoms with Gasteiger partial charge in [-0.1, -0.05) is 42.8 Å². The normalized spacial score (nSPS) is 26.0. The fourth-order valence-corrected chi connectivity index (χ4v) is 5.38. The van der Waals surface area contributed by atoms with E-state index in [0.717, 1.165) is 29.2 Å². The third kappa shape index (κ3) is 2.87. The van der Waals surface area contributed by atoms with Crippen molar-refractivity contribution < 1.29 is 14.4 Å². The largest absolute Gasteiger partial charge is 0.364 e. The van der Waals surface area contributed by atoms with Crippen molar-refractivity contribution in [2.45, 2.75) is 19.4 Å². The van der Waals surface area contributed by atoms with Gasteiger partial charge in [0, 0.05) is 36.8 Å². The van der Waals surface area contributed by atoms with E-state index in [2.05, 4.69) is 22.0 Å². The smallest absolute Gasteiger partial charge is 0.335 e. The van der Waals surface area contributed by atoms with Crippen LogP contribution in [0.4, 0.5) is 16.2 Å². The summed E-state index contributed by atoms with van der Waals surface area (Å²) in [7, 11) is 0. The van der Waals surface area contributed by atoms with Crippen LogP contribution in [0.2, 0.25) is 5.02 Å². The van der Waals surface area contributed by atoms with E-state index in [1.54, 1.807) is 30.3 Å². The molecular formula is C23H23ClN4O3. The number of hydrogen-bond donors (Lipinski definition) is 1. The van der Waals surface area contributed by atoms with Crippen LogP contribution in [0, 0.1) is 5.41 Å². The lowest BCUT2D eigenvalue weighted by Crippen LogP contribution is -2.75. The predicted octanol–water partition coefficient (Wildman–Crippen LogP) is 2.68. The van der Waals surface area contributed by atoms with Crippen LogP contribution in [0.5, 0.6) is 0 Å². The molecule has 2 aromatic rings. The second kappa shape index (κ2) is 7.35. The van der Waals surface area contributed by atoms with Gasteiger partial charge in [0.25, 0.3) is 5.91 Å². The molecule has 3 aliphatic rings. The van der Waals surface area contributed by atoms with Gasteiger partial charge in [0.15, 0.2) is 5.41 Å². The highest BCUT2D eigenvalue weighted by molar-refractivity contribution is 6.33. The fraction of sp³-hybridized carbons (Fsp3) is 0.348. The van der Waals surface area contributed by atoms with Crippen molar-refractivity contribution in [2.75, 3.05) is 36.0 Å². The average Bonchev–Trinajstić information content (AvgIpc) is 2.78. The first-order valence-corrected chi connectivity index (χ1v) is 10.9. The molecule has 0 aliphatic carbocycles. The number of imide groups is 2. The topological polar surface area (TPSA) is 73.0 Å². The lowest BCUT2D eigenvalue weighted by molar-refractivity contribution is -0.145. The van der Waals surface area contributed by atoms with Gasteiger partial charge in [0.2, 0.25) is 5.91 Å². The third-order valence-electron chi connectivity index (χ3n) is 6.77. The number of carbonyl (C=O) groups excluding carboxylic acids is 3. The summed E-state index contributed by atoms with van der Waals surface area (Å²) in [6.45, 7) is 4.94. The molecule has 8 heteroatoms. The van der Waals surface area contributed by atoms with Gasteiger partial charge in [0.1, 0.15) is 0 Å². The molecule has 5 rings (SSSR count). The van der Waals surface area contributed by atoms with Gasteiger partial charge in [-0.15, -0.1) is 0 Å². The van der Waals surface area contributed by atoms with E-state index < -0.39 is 29.3 Å². The molecule has 1 spiro atoms. The first-order valence-electron chi connectivity index (χ1n) is 10.5. The fourth-order valence-electron chi connectivity index (χ4n) is 5.14. The number of likely N-dealkylation sites (N-methyl/N-ethyl adjacent to an activating group) is 1. The number of rotatable bonds is 2. The standard InChI is InChI=1S/C23H23ClN4O3/c1-2-26-11-12-27-18-10-6-9-17(24)16(18)13-23(19(27)14-26)20(29)25-22(31)28(21(23)30)15-7-4-3-5-8-15/h3-10,19H,2,11-14H2,1H3,(H,25,29,31)/t19-,23-/m0/s1. The zero-order valence-corrected chi connectivity index (χ0v) is 17.9. The molecule has 2 aromatic carbocycles. The maximum absolute atomic E-state index is 14.1. The molecule has 7 nitrogen and oxygen atoms in total. The Bertz CT molecular complexity index is 1080. The lowest BCUT2D eigenvalue weighted by atomic mass is 9.67. The molecular weight excluding hydrogens is 416 g/mol. The molecule has 3 heterocycles. The molecule has 3 aliphatic heterocycles.